The van der Waals surface area contributed by atoms with Gasteiger partial charge in [0, 0.05) is 23.8 Å². The number of hydrogen-bond donors (Lipinski definition) is 1. The molecular weight excluding hydrogens is 284 g/mol. The van der Waals surface area contributed by atoms with E-state index in [9.17, 15) is 14.7 Å². The second-order valence-corrected chi connectivity index (χ2v) is 7.21. The third-order valence-corrected chi connectivity index (χ3v) is 6.01. The molecule has 0 aromatic rings. The van der Waals surface area contributed by atoms with Crippen molar-refractivity contribution < 1.29 is 24.2 Å². The Morgan fingerprint density at radius 1 is 1.50 bits per heavy atom. The minimum absolute atomic E-state index is 0.0803. The van der Waals surface area contributed by atoms with Gasteiger partial charge >= 0.3 is 11.9 Å². The molecule has 5 heteroatoms. The largest absolute Gasteiger partial charge is 0.465 e. The van der Waals surface area contributed by atoms with Crippen molar-refractivity contribution in [2.24, 2.45) is 23.2 Å². The van der Waals surface area contributed by atoms with Crippen molar-refractivity contribution in [1.29, 1.82) is 0 Å². The zero-order valence-corrected chi connectivity index (χ0v) is 13.2. The van der Waals surface area contributed by atoms with Crippen molar-refractivity contribution in [2.75, 3.05) is 6.61 Å². The Morgan fingerprint density at radius 3 is 2.91 bits per heavy atom. The molecule has 22 heavy (non-hydrogen) atoms. The number of hydrogen-bond acceptors (Lipinski definition) is 5. The lowest BCUT2D eigenvalue weighted by Gasteiger charge is -2.39. The summed E-state index contributed by atoms with van der Waals surface area (Å²) < 4.78 is 10.8. The first-order valence-electron chi connectivity index (χ1n) is 8.06. The summed E-state index contributed by atoms with van der Waals surface area (Å²) in [6.45, 7) is 7.63. The fourth-order valence-electron chi connectivity index (χ4n) is 4.87. The van der Waals surface area contributed by atoms with Gasteiger partial charge in [-0.3, -0.25) is 4.79 Å². The first kappa shape index (κ1) is 15.5. The van der Waals surface area contributed by atoms with Crippen LogP contribution in [-0.2, 0) is 19.1 Å². The molecule has 1 aliphatic heterocycles. The van der Waals surface area contributed by atoms with Crippen molar-refractivity contribution >= 4 is 11.9 Å². The van der Waals surface area contributed by atoms with E-state index >= 15 is 0 Å². The first-order valence-corrected chi connectivity index (χ1v) is 8.06. The quantitative estimate of drug-likeness (QED) is 0.622. The van der Waals surface area contributed by atoms with Crippen LogP contribution in [0.2, 0.25) is 0 Å². The average Bonchev–Trinajstić information content (AvgIpc) is 2.85. The zero-order valence-electron chi connectivity index (χ0n) is 13.2. The topological polar surface area (TPSA) is 72.8 Å². The zero-order chi connectivity index (χ0) is 16.1. The summed E-state index contributed by atoms with van der Waals surface area (Å²) in [6, 6.07) is 0. The van der Waals surface area contributed by atoms with Gasteiger partial charge in [-0.1, -0.05) is 13.5 Å². The van der Waals surface area contributed by atoms with Gasteiger partial charge in [-0.25, -0.2) is 4.79 Å². The first-order chi connectivity index (χ1) is 10.3. The average molecular weight is 308 g/mol. The molecule has 0 spiro atoms. The van der Waals surface area contributed by atoms with Crippen molar-refractivity contribution in [2.45, 2.75) is 51.7 Å². The Balaban J connectivity index is 1.95. The van der Waals surface area contributed by atoms with Crippen LogP contribution < -0.4 is 0 Å². The van der Waals surface area contributed by atoms with Crippen molar-refractivity contribution in [1.82, 2.24) is 0 Å². The predicted octanol–water partition coefficient (Wildman–Crippen LogP) is 1.83. The summed E-state index contributed by atoms with van der Waals surface area (Å²) in [5.74, 6) is -0.155. The molecule has 5 nitrogen and oxygen atoms in total. The van der Waals surface area contributed by atoms with Crippen LogP contribution >= 0.6 is 0 Å². The Morgan fingerprint density at radius 2 is 2.23 bits per heavy atom. The molecule has 0 aromatic carbocycles. The van der Waals surface area contributed by atoms with Crippen LogP contribution in [0.5, 0.6) is 0 Å². The molecule has 2 saturated carbocycles. The van der Waals surface area contributed by atoms with Gasteiger partial charge in [0.15, 0.2) is 0 Å². The van der Waals surface area contributed by atoms with Crippen LogP contribution in [0, 0.1) is 23.2 Å². The summed E-state index contributed by atoms with van der Waals surface area (Å²) in [6.07, 6.45) is 2.36. The molecule has 2 aliphatic carbocycles. The smallest absolute Gasteiger partial charge is 0.334 e. The van der Waals surface area contributed by atoms with Gasteiger partial charge in [-0.2, -0.15) is 0 Å². The number of carbonyl (C=O) groups excluding carboxylic acids is 2. The third kappa shape index (κ3) is 2.26. The number of aliphatic hydroxyl groups is 1. The Labute approximate surface area is 130 Å². The van der Waals surface area contributed by atoms with E-state index in [1.165, 1.54) is 6.92 Å². The Kier molecular flexibility index (Phi) is 3.79. The second-order valence-electron chi connectivity index (χ2n) is 7.21. The Hall–Kier alpha value is -1.36. The molecule has 1 heterocycles. The van der Waals surface area contributed by atoms with E-state index in [4.69, 9.17) is 9.47 Å². The van der Waals surface area contributed by atoms with E-state index in [1.54, 1.807) is 0 Å². The lowest BCUT2D eigenvalue weighted by atomic mass is 9.68. The van der Waals surface area contributed by atoms with Crippen LogP contribution in [-0.4, -0.2) is 35.9 Å². The van der Waals surface area contributed by atoms with Crippen molar-refractivity contribution in [3.63, 3.8) is 0 Å². The molecule has 3 aliphatic rings. The fraction of sp³-hybridized carbons (Fsp3) is 0.765. The second kappa shape index (κ2) is 5.37. The maximum Gasteiger partial charge on any atom is 0.334 e. The van der Waals surface area contributed by atoms with Crippen molar-refractivity contribution in [3.8, 4) is 0 Å². The van der Waals surface area contributed by atoms with Crippen LogP contribution in [0.25, 0.3) is 0 Å². The molecular formula is C17H24O5. The summed E-state index contributed by atoms with van der Waals surface area (Å²) in [7, 11) is 0. The molecule has 0 aromatic heterocycles. The number of rotatable bonds is 2. The lowest BCUT2D eigenvalue weighted by Crippen LogP contribution is -2.43. The van der Waals surface area contributed by atoms with Crippen LogP contribution in [0.4, 0.5) is 0 Å². The standard InChI is InChI=1S/C17H24O5/c1-9-6-14-12(10(2)16(20)22-14)7-17(8-21-11(3)18)13(9)4-5-15(17)19/h9,12-15,19H,2,4-8H2,1,3H3/t9-,12+,13-,14+,15-,17+/m0/s1. The molecule has 0 bridgehead atoms. The SMILES string of the molecule is C=C1C(=O)O[C@@H]2C[C@H](C)[C@@H]3CC[C@H](O)[C@@]3(COC(C)=O)C[C@H]12. The number of fused-ring (bicyclic) bond motifs is 2. The van der Waals surface area contributed by atoms with E-state index < -0.39 is 11.5 Å². The van der Waals surface area contributed by atoms with Crippen LogP contribution in [0.3, 0.4) is 0 Å². The van der Waals surface area contributed by atoms with Crippen molar-refractivity contribution in [3.05, 3.63) is 12.2 Å². The van der Waals surface area contributed by atoms with E-state index in [0.29, 0.717) is 17.9 Å². The summed E-state index contributed by atoms with van der Waals surface area (Å²) in [5, 5.41) is 10.7. The van der Waals surface area contributed by atoms with E-state index in [2.05, 4.69) is 13.5 Å². The van der Waals surface area contributed by atoms with Gasteiger partial charge in [0.1, 0.15) is 6.10 Å². The Bertz CT molecular complexity index is 513. The van der Waals surface area contributed by atoms with Gasteiger partial charge < -0.3 is 14.6 Å². The molecule has 1 N–H and O–H groups in total. The molecule has 3 rings (SSSR count). The third-order valence-electron chi connectivity index (χ3n) is 6.01. The van der Waals surface area contributed by atoms with Crippen LogP contribution in [0.15, 0.2) is 12.2 Å². The van der Waals surface area contributed by atoms with Gasteiger partial charge in [-0.05, 0) is 37.5 Å². The monoisotopic (exact) mass is 308 g/mol. The van der Waals surface area contributed by atoms with Gasteiger partial charge in [0.2, 0.25) is 0 Å². The normalized spacial score (nSPS) is 44.0. The molecule has 3 fully saturated rings. The summed E-state index contributed by atoms with van der Waals surface area (Å²) >= 11 is 0. The number of esters is 2. The number of carbonyl (C=O) groups is 2. The molecule has 1 saturated heterocycles. The predicted molar refractivity (Wildman–Crippen MR) is 78.7 cm³/mol. The van der Waals surface area contributed by atoms with E-state index in [1.807, 2.05) is 0 Å². The molecule has 0 amide bonds. The van der Waals surface area contributed by atoms with E-state index in [0.717, 1.165) is 19.3 Å². The maximum absolute atomic E-state index is 11.8. The van der Waals surface area contributed by atoms with Gasteiger partial charge in [0.25, 0.3) is 0 Å². The number of aliphatic hydroxyl groups excluding tert-OH is 1. The van der Waals surface area contributed by atoms with Gasteiger partial charge in [0.05, 0.1) is 12.7 Å². The van der Waals surface area contributed by atoms with Crippen LogP contribution in [0.1, 0.15) is 39.5 Å². The highest BCUT2D eigenvalue weighted by molar-refractivity contribution is 5.90. The molecule has 0 unspecified atom stereocenters. The fourth-order valence-corrected chi connectivity index (χ4v) is 4.87. The molecule has 122 valence electrons. The van der Waals surface area contributed by atoms with Gasteiger partial charge in [-0.15, -0.1) is 0 Å². The minimum Gasteiger partial charge on any atom is -0.465 e. The molecule has 6 atom stereocenters. The summed E-state index contributed by atoms with van der Waals surface area (Å²) in [4.78, 5) is 23.1. The minimum atomic E-state index is -0.512. The maximum atomic E-state index is 11.8. The lowest BCUT2D eigenvalue weighted by molar-refractivity contribution is -0.150. The molecule has 0 radical (unpaired) electrons. The number of ether oxygens (including phenoxy) is 2. The highest BCUT2D eigenvalue weighted by Gasteiger charge is 2.58. The summed E-state index contributed by atoms with van der Waals surface area (Å²) in [5.41, 5.74) is 0.0145. The van der Waals surface area contributed by atoms with E-state index in [-0.39, 0.29) is 36.5 Å². The highest BCUT2D eigenvalue weighted by Crippen LogP contribution is 2.57. The highest BCUT2D eigenvalue weighted by atomic mass is 16.6.